The summed E-state index contributed by atoms with van der Waals surface area (Å²) in [6.45, 7) is 9.07. The highest BCUT2D eigenvalue weighted by Crippen LogP contribution is 2.40. The normalized spacial score (nSPS) is 18.5. The molecular formula is C11H19ClSi. The predicted octanol–water partition coefficient (Wildman–Crippen LogP) is 4.20. The molecule has 1 aliphatic carbocycles. The van der Waals surface area contributed by atoms with Gasteiger partial charge >= 0.3 is 0 Å². The minimum absolute atomic E-state index is 0.320. The fourth-order valence-electron chi connectivity index (χ4n) is 2.15. The molecule has 0 aromatic rings. The van der Waals surface area contributed by atoms with E-state index in [0.29, 0.717) is 11.3 Å². The van der Waals surface area contributed by atoms with Crippen LogP contribution in [-0.2, 0) is 0 Å². The summed E-state index contributed by atoms with van der Waals surface area (Å²) in [5, 5.41) is 0. The number of halogens is 1. The first-order valence-corrected chi connectivity index (χ1v) is 9.07. The Bertz CT molecular complexity index is 221. The third-order valence-electron chi connectivity index (χ3n) is 2.53. The zero-order valence-electron chi connectivity index (χ0n) is 8.97. The lowest BCUT2D eigenvalue weighted by Crippen LogP contribution is -2.30. The van der Waals surface area contributed by atoms with Gasteiger partial charge in [-0.25, -0.2) is 0 Å². The molecule has 0 heterocycles. The van der Waals surface area contributed by atoms with E-state index in [-0.39, 0.29) is 0 Å². The lowest BCUT2D eigenvalue weighted by Gasteiger charge is -2.33. The van der Waals surface area contributed by atoms with Crippen LogP contribution >= 0.6 is 11.1 Å². The van der Waals surface area contributed by atoms with Crippen molar-refractivity contribution in [1.29, 1.82) is 0 Å². The maximum Gasteiger partial charge on any atom is 0.151 e. The highest BCUT2D eigenvalue weighted by Gasteiger charge is 2.33. The molecule has 0 aromatic carbocycles. The minimum Gasteiger partial charge on any atom is -0.168 e. The van der Waals surface area contributed by atoms with Crippen molar-refractivity contribution in [3.8, 4) is 0 Å². The molecular weight excluding hydrogens is 196 g/mol. The maximum atomic E-state index is 6.39. The SMILES string of the molecule is CC(C)(C[Si](C)(C)Cl)C1C=CC=C1. The van der Waals surface area contributed by atoms with Crippen molar-refractivity contribution in [3.63, 3.8) is 0 Å². The zero-order valence-corrected chi connectivity index (χ0v) is 10.7. The molecule has 0 N–H and O–H groups in total. The second-order valence-corrected chi connectivity index (χ2v) is 12.0. The second kappa shape index (κ2) is 3.62. The summed E-state index contributed by atoms with van der Waals surface area (Å²) in [6.07, 6.45) is 8.82. The monoisotopic (exact) mass is 214 g/mol. The smallest absolute Gasteiger partial charge is 0.151 e. The summed E-state index contributed by atoms with van der Waals surface area (Å²) < 4.78 is 0. The number of allylic oxidation sites excluding steroid dienone is 4. The van der Waals surface area contributed by atoms with E-state index in [1.165, 1.54) is 6.04 Å². The zero-order chi connectivity index (χ0) is 10.1. The molecule has 0 aliphatic heterocycles. The van der Waals surface area contributed by atoms with Crippen molar-refractivity contribution in [3.05, 3.63) is 24.3 Å². The van der Waals surface area contributed by atoms with Gasteiger partial charge in [0.15, 0.2) is 7.38 Å². The van der Waals surface area contributed by atoms with Crippen LogP contribution in [0.15, 0.2) is 24.3 Å². The predicted molar refractivity (Wildman–Crippen MR) is 63.7 cm³/mol. The molecule has 2 heteroatoms. The first-order valence-electron chi connectivity index (χ1n) is 4.85. The summed E-state index contributed by atoms with van der Waals surface area (Å²) in [7, 11) is -1.46. The summed E-state index contributed by atoms with van der Waals surface area (Å²) in [5.74, 6) is 0.582. The maximum absolute atomic E-state index is 6.39. The molecule has 1 aliphatic rings. The van der Waals surface area contributed by atoms with Gasteiger partial charge in [-0.3, -0.25) is 0 Å². The largest absolute Gasteiger partial charge is 0.168 e. The van der Waals surface area contributed by atoms with Gasteiger partial charge in [0, 0.05) is 5.92 Å². The number of hydrogen-bond donors (Lipinski definition) is 0. The number of rotatable bonds is 3. The molecule has 74 valence electrons. The Labute approximate surface area is 87.4 Å². The van der Waals surface area contributed by atoms with E-state index in [2.05, 4.69) is 51.2 Å². The van der Waals surface area contributed by atoms with Gasteiger partial charge in [0.25, 0.3) is 0 Å². The molecule has 0 saturated carbocycles. The summed E-state index contributed by atoms with van der Waals surface area (Å²) in [5.41, 5.74) is 0.320. The molecule has 0 fully saturated rings. The molecule has 0 unspecified atom stereocenters. The molecule has 0 nitrogen and oxygen atoms in total. The number of hydrogen-bond acceptors (Lipinski definition) is 0. The van der Waals surface area contributed by atoms with Crippen LogP contribution in [0, 0.1) is 11.3 Å². The van der Waals surface area contributed by atoms with Crippen LogP contribution in [-0.4, -0.2) is 7.38 Å². The van der Waals surface area contributed by atoms with E-state index in [1.54, 1.807) is 0 Å². The van der Waals surface area contributed by atoms with Crippen LogP contribution in [0.5, 0.6) is 0 Å². The van der Waals surface area contributed by atoms with Crippen molar-refractivity contribution in [2.45, 2.75) is 33.0 Å². The molecule has 1 rings (SSSR count). The Morgan fingerprint density at radius 3 is 2.08 bits per heavy atom. The van der Waals surface area contributed by atoms with Gasteiger partial charge in [0.1, 0.15) is 0 Å². The summed E-state index contributed by atoms with van der Waals surface area (Å²) in [6, 6.07) is 1.17. The van der Waals surface area contributed by atoms with E-state index >= 15 is 0 Å². The molecule has 0 aromatic heterocycles. The Morgan fingerprint density at radius 1 is 1.23 bits per heavy atom. The highest BCUT2D eigenvalue weighted by molar-refractivity contribution is 7.19. The van der Waals surface area contributed by atoms with Gasteiger partial charge in [0.05, 0.1) is 0 Å². The Balaban J connectivity index is 2.65. The highest BCUT2D eigenvalue weighted by atomic mass is 35.6. The lowest BCUT2D eigenvalue weighted by molar-refractivity contribution is 0.342. The third kappa shape index (κ3) is 3.32. The van der Waals surface area contributed by atoms with Crippen LogP contribution in [0.2, 0.25) is 19.1 Å². The molecule has 0 spiro atoms. The quantitative estimate of drug-likeness (QED) is 0.488. The van der Waals surface area contributed by atoms with Crippen LogP contribution in [0.3, 0.4) is 0 Å². The molecule has 0 bridgehead atoms. The van der Waals surface area contributed by atoms with E-state index in [0.717, 1.165) is 0 Å². The lowest BCUT2D eigenvalue weighted by atomic mass is 9.81. The fourth-order valence-corrected chi connectivity index (χ4v) is 5.59. The summed E-state index contributed by atoms with van der Waals surface area (Å²) >= 11 is 6.39. The molecule has 0 amide bonds. The van der Waals surface area contributed by atoms with Crippen molar-refractivity contribution < 1.29 is 0 Å². The Kier molecular flexibility index (Phi) is 3.08. The average molecular weight is 215 g/mol. The molecule has 0 radical (unpaired) electrons. The Morgan fingerprint density at radius 2 is 1.69 bits per heavy atom. The van der Waals surface area contributed by atoms with Gasteiger partial charge in [-0.15, -0.1) is 0 Å². The molecule has 13 heavy (non-hydrogen) atoms. The van der Waals surface area contributed by atoms with Crippen molar-refractivity contribution in [1.82, 2.24) is 0 Å². The second-order valence-electron chi connectivity index (χ2n) is 5.18. The standard InChI is InChI=1S/C11H19ClSi/c1-11(2,9-13(3,4)12)10-7-5-6-8-10/h5-8,10H,9H2,1-4H3. The first kappa shape index (κ1) is 11.1. The van der Waals surface area contributed by atoms with E-state index in [1.807, 2.05) is 0 Å². The fraction of sp³-hybridized carbons (Fsp3) is 0.636. The topological polar surface area (TPSA) is 0 Å². The van der Waals surface area contributed by atoms with Crippen LogP contribution in [0.4, 0.5) is 0 Å². The van der Waals surface area contributed by atoms with Crippen molar-refractivity contribution >= 4 is 18.5 Å². The summed E-state index contributed by atoms with van der Waals surface area (Å²) in [4.78, 5) is 0. The van der Waals surface area contributed by atoms with Crippen LogP contribution < -0.4 is 0 Å². The van der Waals surface area contributed by atoms with E-state index < -0.39 is 7.38 Å². The third-order valence-corrected chi connectivity index (χ3v) is 4.68. The van der Waals surface area contributed by atoms with Gasteiger partial charge < -0.3 is 0 Å². The minimum atomic E-state index is -1.46. The molecule has 0 atom stereocenters. The average Bonchev–Trinajstić information content (AvgIpc) is 2.29. The molecule has 0 saturated heterocycles. The Hall–Kier alpha value is -0.0131. The van der Waals surface area contributed by atoms with Gasteiger partial charge in [-0.2, -0.15) is 11.1 Å². The van der Waals surface area contributed by atoms with E-state index in [9.17, 15) is 0 Å². The van der Waals surface area contributed by atoms with Crippen LogP contribution in [0.25, 0.3) is 0 Å². The van der Waals surface area contributed by atoms with Gasteiger partial charge in [-0.1, -0.05) is 51.2 Å². The van der Waals surface area contributed by atoms with Crippen molar-refractivity contribution in [2.75, 3.05) is 0 Å². The van der Waals surface area contributed by atoms with E-state index in [4.69, 9.17) is 11.1 Å². The van der Waals surface area contributed by atoms with Crippen LogP contribution in [0.1, 0.15) is 13.8 Å². The first-order chi connectivity index (χ1) is 5.81. The van der Waals surface area contributed by atoms with Crippen molar-refractivity contribution in [2.24, 2.45) is 11.3 Å². The van der Waals surface area contributed by atoms with Gasteiger partial charge in [0.2, 0.25) is 0 Å². The van der Waals surface area contributed by atoms with Gasteiger partial charge in [-0.05, 0) is 11.5 Å².